The van der Waals surface area contributed by atoms with Gasteiger partial charge in [0.1, 0.15) is 5.82 Å². The van der Waals surface area contributed by atoms with Gasteiger partial charge in [-0.3, -0.25) is 4.90 Å². The summed E-state index contributed by atoms with van der Waals surface area (Å²) in [6.07, 6.45) is 1.81. The molecule has 0 unspecified atom stereocenters. The third-order valence-corrected chi connectivity index (χ3v) is 4.74. The zero-order valence-corrected chi connectivity index (χ0v) is 14.4. The van der Waals surface area contributed by atoms with Crippen LogP contribution < -0.4 is 4.90 Å². The molecule has 4 rings (SSSR count). The summed E-state index contributed by atoms with van der Waals surface area (Å²) >= 11 is 5.96. The fourth-order valence-electron chi connectivity index (χ4n) is 3.23. The van der Waals surface area contributed by atoms with Crippen LogP contribution in [0.5, 0.6) is 0 Å². The lowest BCUT2D eigenvalue weighted by atomic mass is 10.2. The summed E-state index contributed by atoms with van der Waals surface area (Å²) in [4.78, 5) is 9.40. The second-order valence-corrected chi connectivity index (χ2v) is 6.68. The van der Waals surface area contributed by atoms with Crippen LogP contribution in [0, 0.1) is 6.92 Å². The van der Waals surface area contributed by atoms with E-state index in [0.717, 1.165) is 54.9 Å². The first kappa shape index (κ1) is 15.4. The van der Waals surface area contributed by atoms with Crippen LogP contribution in [0.15, 0.2) is 42.6 Å². The van der Waals surface area contributed by atoms with Gasteiger partial charge in [-0.1, -0.05) is 23.7 Å². The molecule has 3 heterocycles. The highest BCUT2D eigenvalue weighted by Crippen LogP contribution is 2.19. The summed E-state index contributed by atoms with van der Waals surface area (Å²) in [5, 5.41) is 5.21. The number of rotatable bonds is 3. The molecule has 0 N–H and O–H groups in total. The molecule has 3 aromatic rings. The van der Waals surface area contributed by atoms with Gasteiger partial charge >= 0.3 is 0 Å². The maximum absolute atomic E-state index is 5.96. The molecule has 0 radical (unpaired) electrons. The Labute approximate surface area is 146 Å². The van der Waals surface area contributed by atoms with Crippen LogP contribution in [-0.2, 0) is 6.54 Å². The maximum atomic E-state index is 5.96. The minimum Gasteiger partial charge on any atom is -0.354 e. The van der Waals surface area contributed by atoms with E-state index in [1.165, 1.54) is 5.56 Å². The Morgan fingerprint density at radius 3 is 2.54 bits per heavy atom. The van der Waals surface area contributed by atoms with Crippen molar-refractivity contribution >= 4 is 23.1 Å². The van der Waals surface area contributed by atoms with Gasteiger partial charge in [-0.25, -0.2) is 4.98 Å². The number of piperazine rings is 1. The van der Waals surface area contributed by atoms with Crippen LogP contribution in [0.3, 0.4) is 0 Å². The molecule has 0 saturated carbocycles. The summed E-state index contributed by atoms with van der Waals surface area (Å²) in [7, 11) is 0. The Bertz CT molecular complexity index is 834. The third kappa shape index (κ3) is 3.09. The van der Waals surface area contributed by atoms with E-state index in [1.807, 2.05) is 35.8 Å². The Kier molecular flexibility index (Phi) is 4.12. The number of fused-ring (bicyclic) bond motifs is 1. The molecule has 1 aliphatic rings. The van der Waals surface area contributed by atoms with Gasteiger partial charge in [0.15, 0.2) is 5.65 Å². The lowest BCUT2D eigenvalue weighted by Crippen LogP contribution is -2.46. The number of halogens is 1. The fraction of sp³-hybridized carbons (Fsp3) is 0.333. The van der Waals surface area contributed by atoms with Crippen LogP contribution in [0.4, 0.5) is 5.82 Å². The molecule has 2 aromatic heterocycles. The SMILES string of the molecule is Cc1cc(N2CCN(Cc3ccc(Cl)cc3)CC2)n2nccc2n1. The number of hydrogen-bond donors (Lipinski definition) is 0. The van der Waals surface area contributed by atoms with Gasteiger partial charge in [-0.05, 0) is 24.6 Å². The van der Waals surface area contributed by atoms with Crippen molar-refractivity contribution in [2.75, 3.05) is 31.1 Å². The summed E-state index contributed by atoms with van der Waals surface area (Å²) in [6, 6.07) is 12.2. The van der Waals surface area contributed by atoms with Gasteiger partial charge < -0.3 is 4.90 Å². The van der Waals surface area contributed by atoms with E-state index < -0.39 is 0 Å². The van der Waals surface area contributed by atoms with Gasteiger partial charge in [0.2, 0.25) is 0 Å². The lowest BCUT2D eigenvalue weighted by Gasteiger charge is -2.36. The van der Waals surface area contributed by atoms with Crippen LogP contribution >= 0.6 is 11.6 Å². The smallest absolute Gasteiger partial charge is 0.157 e. The molecule has 5 nitrogen and oxygen atoms in total. The molecule has 24 heavy (non-hydrogen) atoms. The van der Waals surface area contributed by atoms with Crippen LogP contribution in [-0.4, -0.2) is 45.7 Å². The Morgan fingerprint density at radius 2 is 1.79 bits per heavy atom. The molecule has 0 spiro atoms. The zero-order valence-electron chi connectivity index (χ0n) is 13.7. The van der Waals surface area contributed by atoms with E-state index in [0.29, 0.717) is 0 Å². The molecule has 1 fully saturated rings. The van der Waals surface area contributed by atoms with Crippen molar-refractivity contribution in [2.45, 2.75) is 13.5 Å². The van der Waals surface area contributed by atoms with Crippen molar-refractivity contribution in [3.63, 3.8) is 0 Å². The Hall–Kier alpha value is -2.11. The van der Waals surface area contributed by atoms with Gasteiger partial charge in [0, 0.05) is 55.6 Å². The monoisotopic (exact) mass is 341 g/mol. The van der Waals surface area contributed by atoms with Crippen LogP contribution in [0.2, 0.25) is 5.02 Å². The van der Waals surface area contributed by atoms with E-state index in [9.17, 15) is 0 Å². The minimum absolute atomic E-state index is 0.792. The summed E-state index contributed by atoms with van der Waals surface area (Å²) in [5.41, 5.74) is 3.25. The fourth-order valence-corrected chi connectivity index (χ4v) is 3.35. The quantitative estimate of drug-likeness (QED) is 0.734. The zero-order chi connectivity index (χ0) is 16.5. The first-order chi connectivity index (χ1) is 11.7. The Morgan fingerprint density at radius 1 is 1.04 bits per heavy atom. The molecular weight excluding hydrogens is 322 g/mol. The topological polar surface area (TPSA) is 36.7 Å². The molecule has 0 atom stereocenters. The number of aromatic nitrogens is 3. The lowest BCUT2D eigenvalue weighted by molar-refractivity contribution is 0.249. The highest BCUT2D eigenvalue weighted by molar-refractivity contribution is 6.30. The average molecular weight is 342 g/mol. The maximum Gasteiger partial charge on any atom is 0.157 e. The van der Waals surface area contributed by atoms with E-state index in [1.54, 1.807) is 0 Å². The van der Waals surface area contributed by atoms with Crippen LogP contribution in [0.25, 0.3) is 5.65 Å². The average Bonchev–Trinajstić information content (AvgIpc) is 3.05. The van der Waals surface area contributed by atoms with Gasteiger partial charge in [0.05, 0.1) is 6.20 Å². The van der Waals surface area contributed by atoms with Gasteiger partial charge in [-0.15, -0.1) is 0 Å². The van der Waals surface area contributed by atoms with Crippen LogP contribution in [0.1, 0.15) is 11.3 Å². The first-order valence-electron chi connectivity index (χ1n) is 8.22. The number of anilines is 1. The van der Waals surface area contributed by atoms with Gasteiger partial charge in [0.25, 0.3) is 0 Å². The van der Waals surface area contributed by atoms with Crippen molar-refractivity contribution in [1.29, 1.82) is 0 Å². The number of benzene rings is 1. The molecule has 1 aromatic carbocycles. The van der Waals surface area contributed by atoms with Crippen molar-refractivity contribution in [3.05, 3.63) is 58.9 Å². The molecular formula is C18H20ClN5. The van der Waals surface area contributed by atoms with E-state index in [4.69, 9.17) is 11.6 Å². The Balaban J connectivity index is 1.45. The van der Waals surface area contributed by atoms with E-state index in [2.05, 4.69) is 38.1 Å². The normalized spacial score (nSPS) is 16.0. The predicted octanol–water partition coefficient (Wildman–Crippen LogP) is 3.01. The predicted molar refractivity (Wildman–Crippen MR) is 96.7 cm³/mol. The summed E-state index contributed by atoms with van der Waals surface area (Å²) in [5.74, 6) is 1.13. The molecule has 0 bridgehead atoms. The molecule has 1 aliphatic heterocycles. The van der Waals surface area contributed by atoms with E-state index >= 15 is 0 Å². The molecule has 0 aliphatic carbocycles. The first-order valence-corrected chi connectivity index (χ1v) is 8.60. The van der Waals surface area contributed by atoms with Crippen molar-refractivity contribution in [3.8, 4) is 0 Å². The second kappa shape index (κ2) is 6.42. The minimum atomic E-state index is 0.792. The largest absolute Gasteiger partial charge is 0.354 e. The number of nitrogens with zero attached hydrogens (tertiary/aromatic N) is 5. The molecule has 0 amide bonds. The highest BCUT2D eigenvalue weighted by Gasteiger charge is 2.20. The van der Waals surface area contributed by atoms with E-state index in [-0.39, 0.29) is 0 Å². The third-order valence-electron chi connectivity index (χ3n) is 4.48. The number of aryl methyl sites for hydroxylation is 1. The molecule has 6 heteroatoms. The van der Waals surface area contributed by atoms with Crippen molar-refractivity contribution in [2.24, 2.45) is 0 Å². The standard InChI is InChI=1S/C18H20ClN5/c1-14-12-18(24-17(21-14)6-7-20-24)23-10-8-22(9-11-23)13-15-2-4-16(19)5-3-15/h2-7,12H,8-11,13H2,1H3. The molecule has 124 valence electrons. The summed E-state index contributed by atoms with van der Waals surface area (Å²) in [6.45, 7) is 7.06. The van der Waals surface area contributed by atoms with Crippen molar-refractivity contribution < 1.29 is 0 Å². The summed E-state index contributed by atoms with van der Waals surface area (Å²) < 4.78 is 1.93. The second-order valence-electron chi connectivity index (χ2n) is 6.25. The highest BCUT2D eigenvalue weighted by atomic mass is 35.5. The molecule has 1 saturated heterocycles. The van der Waals surface area contributed by atoms with Gasteiger partial charge in [-0.2, -0.15) is 9.61 Å². The number of hydrogen-bond acceptors (Lipinski definition) is 4. The van der Waals surface area contributed by atoms with Crippen molar-refractivity contribution in [1.82, 2.24) is 19.5 Å².